The fourth-order valence-corrected chi connectivity index (χ4v) is 3.15. The molecule has 3 amide bonds. The summed E-state index contributed by atoms with van der Waals surface area (Å²) in [5, 5.41) is 2.61. The second kappa shape index (κ2) is 8.31. The summed E-state index contributed by atoms with van der Waals surface area (Å²) in [6, 6.07) is 10.8. The van der Waals surface area contributed by atoms with Crippen LogP contribution in [0.3, 0.4) is 0 Å². The molecule has 1 N–H and O–H groups in total. The highest BCUT2D eigenvalue weighted by Gasteiger charge is 2.34. The first-order valence-electron chi connectivity index (χ1n) is 8.67. The zero-order valence-corrected chi connectivity index (χ0v) is 15.3. The Morgan fingerprint density at radius 2 is 1.67 bits per heavy atom. The molecule has 1 heterocycles. The lowest BCUT2D eigenvalue weighted by atomic mass is 10.1. The van der Waals surface area contributed by atoms with Crippen molar-refractivity contribution in [3.8, 4) is 0 Å². The number of rotatable bonds is 7. The predicted octanol–water partition coefficient (Wildman–Crippen LogP) is 4.27. The summed E-state index contributed by atoms with van der Waals surface area (Å²) in [6.45, 7) is 0.335. The molecular weight excluding hydrogens is 371 g/mol. The molecule has 0 fully saturated rings. The lowest BCUT2D eigenvalue weighted by Gasteiger charge is -2.13. The molecule has 0 aromatic heterocycles. The van der Waals surface area contributed by atoms with Crippen LogP contribution in [-0.2, 0) is 4.79 Å². The molecule has 7 heteroatoms. The largest absolute Gasteiger partial charge is 0.326 e. The van der Waals surface area contributed by atoms with Crippen molar-refractivity contribution in [1.82, 2.24) is 4.90 Å². The van der Waals surface area contributed by atoms with Gasteiger partial charge in [0.1, 0.15) is 5.82 Å². The molecule has 140 valence electrons. The number of carbonyl (C=O) groups excluding carboxylic acids is 3. The van der Waals surface area contributed by atoms with E-state index in [9.17, 15) is 18.8 Å². The highest BCUT2D eigenvalue weighted by Crippen LogP contribution is 2.23. The van der Waals surface area contributed by atoms with Crippen LogP contribution >= 0.6 is 11.6 Å². The van der Waals surface area contributed by atoms with Crippen LogP contribution in [0.5, 0.6) is 0 Å². The maximum Gasteiger partial charge on any atom is 0.261 e. The number of imide groups is 1. The fraction of sp³-hybridized carbons (Fsp3) is 0.250. The van der Waals surface area contributed by atoms with Gasteiger partial charge in [-0.25, -0.2) is 4.39 Å². The molecule has 0 unspecified atom stereocenters. The second-order valence-electron chi connectivity index (χ2n) is 6.30. The van der Waals surface area contributed by atoms with Crippen molar-refractivity contribution >= 4 is 35.0 Å². The topological polar surface area (TPSA) is 66.5 Å². The van der Waals surface area contributed by atoms with Gasteiger partial charge >= 0.3 is 0 Å². The first kappa shape index (κ1) is 19.0. The van der Waals surface area contributed by atoms with E-state index < -0.39 is 5.82 Å². The minimum absolute atomic E-state index is 0.0475. The summed E-state index contributed by atoms with van der Waals surface area (Å²) < 4.78 is 13.1. The molecule has 0 aliphatic carbocycles. The van der Waals surface area contributed by atoms with Crippen LogP contribution < -0.4 is 5.32 Å². The van der Waals surface area contributed by atoms with E-state index in [-0.39, 0.29) is 29.2 Å². The molecule has 2 aromatic rings. The summed E-state index contributed by atoms with van der Waals surface area (Å²) in [7, 11) is 0. The smallest absolute Gasteiger partial charge is 0.261 e. The molecule has 3 rings (SSSR count). The molecule has 2 aromatic carbocycles. The number of unbranched alkanes of at least 4 members (excludes halogenated alkanes) is 2. The Morgan fingerprint density at radius 3 is 2.30 bits per heavy atom. The number of benzene rings is 2. The van der Waals surface area contributed by atoms with Gasteiger partial charge in [0.2, 0.25) is 5.91 Å². The Kier molecular flexibility index (Phi) is 5.86. The molecule has 27 heavy (non-hydrogen) atoms. The van der Waals surface area contributed by atoms with Crippen LogP contribution in [0.15, 0.2) is 42.5 Å². The predicted molar refractivity (Wildman–Crippen MR) is 100 cm³/mol. The van der Waals surface area contributed by atoms with Gasteiger partial charge in [0.05, 0.1) is 16.1 Å². The minimum atomic E-state index is -0.539. The monoisotopic (exact) mass is 388 g/mol. The molecule has 1 aliphatic heterocycles. The van der Waals surface area contributed by atoms with E-state index >= 15 is 0 Å². The van der Waals surface area contributed by atoms with Gasteiger partial charge in [-0.3, -0.25) is 19.3 Å². The van der Waals surface area contributed by atoms with E-state index in [1.807, 2.05) is 0 Å². The van der Waals surface area contributed by atoms with Gasteiger partial charge in [-0.15, -0.1) is 0 Å². The normalized spacial score (nSPS) is 13.0. The van der Waals surface area contributed by atoms with E-state index in [0.717, 1.165) is 0 Å². The van der Waals surface area contributed by atoms with Gasteiger partial charge in [-0.05, 0) is 43.2 Å². The van der Waals surface area contributed by atoms with Crippen LogP contribution in [0.2, 0.25) is 5.02 Å². The second-order valence-corrected chi connectivity index (χ2v) is 6.70. The third-order valence-electron chi connectivity index (χ3n) is 4.37. The quantitative estimate of drug-likeness (QED) is 0.568. The summed E-state index contributed by atoms with van der Waals surface area (Å²) in [6.07, 6.45) is 2.23. The average Bonchev–Trinajstić information content (AvgIpc) is 2.89. The van der Waals surface area contributed by atoms with Gasteiger partial charge in [0.15, 0.2) is 0 Å². The SMILES string of the molecule is O=C(CCCCCN1C(=O)c2ccccc2C1=O)Nc1ccc(F)c(Cl)c1. The van der Waals surface area contributed by atoms with Crippen LogP contribution in [0.25, 0.3) is 0 Å². The lowest BCUT2D eigenvalue weighted by molar-refractivity contribution is -0.116. The van der Waals surface area contributed by atoms with Gasteiger partial charge in [-0.2, -0.15) is 0 Å². The Morgan fingerprint density at radius 1 is 1.00 bits per heavy atom. The van der Waals surface area contributed by atoms with Crippen LogP contribution in [0.1, 0.15) is 46.4 Å². The molecule has 0 bridgehead atoms. The van der Waals surface area contributed by atoms with Gasteiger partial charge in [-0.1, -0.05) is 30.2 Å². The molecule has 0 spiro atoms. The number of fused-ring (bicyclic) bond motifs is 1. The maximum atomic E-state index is 13.1. The number of carbonyl (C=O) groups is 3. The molecule has 5 nitrogen and oxygen atoms in total. The van der Waals surface area contributed by atoms with Crippen molar-refractivity contribution in [3.05, 3.63) is 64.4 Å². The van der Waals surface area contributed by atoms with E-state index in [1.54, 1.807) is 24.3 Å². The van der Waals surface area contributed by atoms with Crippen molar-refractivity contribution in [1.29, 1.82) is 0 Å². The van der Waals surface area contributed by atoms with Crippen LogP contribution in [0, 0.1) is 5.82 Å². The number of nitrogens with zero attached hydrogens (tertiary/aromatic N) is 1. The van der Waals surface area contributed by atoms with Crippen LogP contribution in [0.4, 0.5) is 10.1 Å². The standard InChI is InChI=1S/C20H18ClFN2O3/c21-16-12-13(9-10-17(16)22)23-18(25)8-2-1-5-11-24-19(26)14-6-3-4-7-15(14)20(24)27/h3-4,6-7,9-10,12H,1-2,5,8,11H2,(H,23,25). The summed E-state index contributed by atoms with van der Waals surface area (Å²) >= 11 is 5.68. The molecule has 0 radical (unpaired) electrons. The Bertz CT molecular complexity index is 866. The number of anilines is 1. The van der Waals surface area contributed by atoms with Crippen molar-refractivity contribution in [2.24, 2.45) is 0 Å². The van der Waals surface area contributed by atoms with Gasteiger partial charge < -0.3 is 5.32 Å². The average molecular weight is 389 g/mol. The molecular formula is C20H18ClFN2O3. The molecule has 0 atom stereocenters. The number of halogens is 2. The van der Waals surface area contributed by atoms with E-state index in [4.69, 9.17) is 11.6 Å². The molecule has 1 aliphatic rings. The Labute approximate surface area is 161 Å². The van der Waals surface area contributed by atoms with E-state index in [2.05, 4.69) is 5.32 Å². The number of nitrogens with one attached hydrogen (secondary N) is 1. The van der Waals surface area contributed by atoms with Gasteiger partial charge in [0, 0.05) is 18.7 Å². The van der Waals surface area contributed by atoms with Crippen molar-refractivity contribution in [2.75, 3.05) is 11.9 Å². The fourth-order valence-electron chi connectivity index (χ4n) is 2.97. The Hall–Kier alpha value is -2.73. The van der Waals surface area contributed by atoms with Crippen LogP contribution in [-0.4, -0.2) is 29.2 Å². The molecule has 0 saturated heterocycles. The number of hydrogen-bond donors (Lipinski definition) is 1. The highest BCUT2D eigenvalue weighted by molar-refractivity contribution is 6.31. The zero-order valence-electron chi connectivity index (χ0n) is 14.5. The lowest BCUT2D eigenvalue weighted by Crippen LogP contribution is -2.30. The van der Waals surface area contributed by atoms with E-state index in [1.165, 1.54) is 23.1 Å². The maximum absolute atomic E-state index is 13.1. The first-order valence-corrected chi connectivity index (χ1v) is 9.05. The van der Waals surface area contributed by atoms with E-state index in [0.29, 0.717) is 42.6 Å². The third-order valence-corrected chi connectivity index (χ3v) is 4.66. The molecule has 0 saturated carbocycles. The van der Waals surface area contributed by atoms with Crippen molar-refractivity contribution < 1.29 is 18.8 Å². The highest BCUT2D eigenvalue weighted by atomic mass is 35.5. The van der Waals surface area contributed by atoms with Crippen molar-refractivity contribution in [2.45, 2.75) is 25.7 Å². The third kappa shape index (κ3) is 4.34. The minimum Gasteiger partial charge on any atom is -0.326 e. The first-order chi connectivity index (χ1) is 13.0. The summed E-state index contributed by atoms with van der Waals surface area (Å²) in [4.78, 5) is 37.6. The number of hydrogen-bond acceptors (Lipinski definition) is 3. The van der Waals surface area contributed by atoms with Gasteiger partial charge in [0.25, 0.3) is 11.8 Å². The van der Waals surface area contributed by atoms with Crippen molar-refractivity contribution in [3.63, 3.8) is 0 Å². The summed E-state index contributed by atoms with van der Waals surface area (Å²) in [5.41, 5.74) is 1.33. The number of amides is 3. The zero-order chi connectivity index (χ0) is 19.4. The summed E-state index contributed by atoms with van der Waals surface area (Å²) in [5.74, 6) is -1.26. The Balaban J connectivity index is 1.40.